The van der Waals surface area contributed by atoms with Crippen LogP contribution in [0.25, 0.3) is 0 Å². The molecule has 27 heavy (non-hydrogen) atoms. The molecule has 3 rings (SSSR count). The number of carbonyl (C=O) groups excluding carboxylic acids is 1. The van der Waals surface area contributed by atoms with Crippen molar-refractivity contribution in [1.29, 1.82) is 0 Å². The van der Waals surface area contributed by atoms with E-state index in [1.807, 2.05) is 13.0 Å². The predicted molar refractivity (Wildman–Crippen MR) is 107 cm³/mol. The monoisotopic (exact) mass is 413 g/mol. The van der Waals surface area contributed by atoms with Crippen molar-refractivity contribution in [2.45, 2.75) is 52.0 Å². The summed E-state index contributed by atoms with van der Waals surface area (Å²) in [5.41, 5.74) is 1.46. The molecule has 150 valence electrons. The van der Waals surface area contributed by atoms with Crippen LogP contribution in [-0.2, 0) is 10.2 Å². The number of halogens is 1. The first-order chi connectivity index (χ1) is 12.7. The van der Waals surface area contributed by atoms with Gasteiger partial charge in [0.15, 0.2) is 0 Å². The van der Waals surface area contributed by atoms with E-state index in [4.69, 9.17) is 11.6 Å². The minimum Gasteiger partial charge on any atom is -0.351 e. The molecule has 2 aliphatic rings. The molecule has 8 heteroatoms. The summed E-state index contributed by atoms with van der Waals surface area (Å²) in [5.74, 6) is 0.531. The second kappa shape index (κ2) is 8.07. The standard InChI is InChI=1S/C19H28ClN3O3S/c1-3-22-27(25,26)23-15-10-19(11-15,9-14-5-6-14)12-21-18(24)16-7-4-13(2)8-17(16)20/h4,7-8,14-15,22-23H,3,5-6,9-12H2,1-2H3,(H,21,24). The lowest BCUT2D eigenvalue weighted by atomic mass is 9.63. The average Bonchev–Trinajstić information content (AvgIpc) is 3.34. The molecule has 1 amide bonds. The highest BCUT2D eigenvalue weighted by Gasteiger charge is 2.48. The summed E-state index contributed by atoms with van der Waals surface area (Å²) in [6.07, 6.45) is 4.99. The summed E-state index contributed by atoms with van der Waals surface area (Å²) >= 11 is 6.20. The lowest BCUT2D eigenvalue weighted by molar-refractivity contribution is 0.0660. The smallest absolute Gasteiger partial charge is 0.277 e. The molecule has 0 bridgehead atoms. The molecule has 0 unspecified atom stereocenters. The van der Waals surface area contributed by atoms with Crippen LogP contribution in [0.4, 0.5) is 0 Å². The average molecular weight is 414 g/mol. The zero-order valence-corrected chi connectivity index (χ0v) is 17.4. The molecular weight excluding hydrogens is 386 g/mol. The molecule has 0 atom stereocenters. The van der Waals surface area contributed by atoms with Gasteiger partial charge in [0, 0.05) is 19.1 Å². The van der Waals surface area contributed by atoms with E-state index < -0.39 is 10.2 Å². The van der Waals surface area contributed by atoms with Crippen LogP contribution in [0.1, 0.15) is 54.9 Å². The van der Waals surface area contributed by atoms with Crippen LogP contribution < -0.4 is 14.8 Å². The van der Waals surface area contributed by atoms with Crippen molar-refractivity contribution < 1.29 is 13.2 Å². The maximum absolute atomic E-state index is 12.5. The Morgan fingerprint density at radius 3 is 2.59 bits per heavy atom. The van der Waals surface area contributed by atoms with Crippen LogP contribution in [-0.4, -0.2) is 33.5 Å². The van der Waals surface area contributed by atoms with Crippen molar-refractivity contribution in [3.8, 4) is 0 Å². The number of amides is 1. The summed E-state index contributed by atoms with van der Waals surface area (Å²) in [4.78, 5) is 12.5. The Bertz CT molecular complexity index is 802. The molecular formula is C19H28ClN3O3S. The highest BCUT2D eigenvalue weighted by molar-refractivity contribution is 7.87. The summed E-state index contributed by atoms with van der Waals surface area (Å²) in [6.45, 7) is 4.60. The van der Waals surface area contributed by atoms with Crippen LogP contribution in [0.3, 0.4) is 0 Å². The maximum Gasteiger partial charge on any atom is 0.277 e. The largest absolute Gasteiger partial charge is 0.351 e. The Balaban J connectivity index is 1.59. The van der Waals surface area contributed by atoms with Gasteiger partial charge in [-0.25, -0.2) is 4.72 Å². The van der Waals surface area contributed by atoms with Crippen LogP contribution >= 0.6 is 11.6 Å². The van der Waals surface area contributed by atoms with Crippen LogP contribution in [0.5, 0.6) is 0 Å². The Kier molecular flexibility index (Phi) is 6.15. The molecule has 0 heterocycles. The topological polar surface area (TPSA) is 87.3 Å². The third-order valence-corrected chi connectivity index (χ3v) is 7.05. The van der Waals surface area contributed by atoms with Gasteiger partial charge in [0.1, 0.15) is 0 Å². The van der Waals surface area contributed by atoms with Gasteiger partial charge in [-0.05, 0) is 55.2 Å². The van der Waals surface area contributed by atoms with Crippen molar-refractivity contribution in [3.05, 3.63) is 34.3 Å². The van der Waals surface area contributed by atoms with Crippen molar-refractivity contribution in [3.63, 3.8) is 0 Å². The number of hydrogen-bond donors (Lipinski definition) is 3. The molecule has 1 aromatic carbocycles. The van der Waals surface area contributed by atoms with Crippen molar-refractivity contribution in [2.75, 3.05) is 13.1 Å². The highest BCUT2D eigenvalue weighted by Crippen LogP contribution is 2.51. The maximum atomic E-state index is 12.5. The third kappa shape index (κ3) is 5.44. The Morgan fingerprint density at radius 2 is 2.00 bits per heavy atom. The molecule has 2 aliphatic carbocycles. The van der Waals surface area contributed by atoms with Gasteiger partial charge < -0.3 is 5.32 Å². The summed E-state index contributed by atoms with van der Waals surface area (Å²) in [7, 11) is -3.44. The molecule has 0 radical (unpaired) electrons. The van der Waals surface area contributed by atoms with E-state index in [0.717, 1.165) is 24.8 Å². The molecule has 2 saturated carbocycles. The third-order valence-electron chi connectivity index (χ3n) is 5.43. The lowest BCUT2D eigenvalue weighted by Gasteiger charge is -2.48. The quantitative estimate of drug-likeness (QED) is 0.581. The van der Waals surface area contributed by atoms with Gasteiger partial charge in [-0.15, -0.1) is 0 Å². The van der Waals surface area contributed by atoms with Crippen molar-refractivity contribution in [2.24, 2.45) is 11.3 Å². The van der Waals surface area contributed by atoms with E-state index in [-0.39, 0.29) is 17.4 Å². The fourth-order valence-electron chi connectivity index (χ4n) is 4.00. The molecule has 0 aliphatic heterocycles. The zero-order chi connectivity index (χ0) is 19.7. The van der Waals surface area contributed by atoms with E-state index in [1.54, 1.807) is 19.1 Å². The van der Waals surface area contributed by atoms with Gasteiger partial charge in [0.25, 0.3) is 16.1 Å². The lowest BCUT2D eigenvalue weighted by Crippen LogP contribution is -2.56. The fourth-order valence-corrected chi connectivity index (χ4v) is 5.39. The molecule has 6 nitrogen and oxygen atoms in total. The number of aryl methyl sites for hydroxylation is 1. The molecule has 1 aromatic rings. The number of rotatable bonds is 9. The van der Waals surface area contributed by atoms with Gasteiger partial charge >= 0.3 is 0 Å². The first-order valence-corrected chi connectivity index (χ1v) is 11.4. The molecule has 0 saturated heterocycles. The molecule has 0 aromatic heterocycles. The number of hydrogen-bond acceptors (Lipinski definition) is 3. The minimum atomic E-state index is -3.44. The normalized spacial score (nSPS) is 25.1. The Morgan fingerprint density at radius 1 is 1.30 bits per heavy atom. The van der Waals surface area contributed by atoms with Gasteiger partial charge in [0.05, 0.1) is 10.6 Å². The first kappa shape index (κ1) is 20.6. The Hall–Kier alpha value is -1.15. The highest BCUT2D eigenvalue weighted by atomic mass is 35.5. The van der Waals surface area contributed by atoms with E-state index in [2.05, 4.69) is 14.8 Å². The fraction of sp³-hybridized carbons (Fsp3) is 0.632. The van der Waals surface area contributed by atoms with E-state index >= 15 is 0 Å². The molecule has 2 fully saturated rings. The van der Waals surface area contributed by atoms with Gasteiger partial charge in [-0.3, -0.25) is 4.79 Å². The van der Waals surface area contributed by atoms with Gasteiger partial charge in [-0.1, -0.05) is 37.4 Å². The Labute approximate surface area is 166 Å². The zero-order valence-electron chi connectivity index (χ0n) is 15.8. The van der Waals surface area contributed by atoms with Gasteiger partial charge in [0.2, 0.25) is 0 Å². The SMILES string of the molecule is CCNS(=O)(=O)NC1CC(CNC(=O)c2ccc(C)cc2Cl)(CC2CC2)C1. The summed E-state index contributed by atoms with van der Waals surface area (Å²) in [6, 6.07) is 5.32. The van der Waals surface area contributed by atoms with Crippen LogP contribution in [0.2, 0.25) is 5.02 Å². The second-order valence-electron chi connectivity index (χ2n) is 8.04. The van der Waals surface area contributed by atoms with Crippen LogP contribution in [0, 0.1) is 18.3 Å². The second-order valence-corrected chi connectivity index (χ2v) is 9.98. The number of nitrogens with one attached hydrogen (secondary N) is 3. The summed E-state index contributed by atoms with van der Waals surface area (Å²) in [5, 5.41) is 3.48. The van der Waals surface area contributed by atoms with Crippen molar-refractivity contribution >= 4 is 27.7 Å². The van der Waals surface area contributed by atoms with E-state index in [1.165, 1.54) is 12.8 Å². The van der Waals surface area contributed by atoms with E-state index in [0.29, 0.717) is 29.6 Å². The summed E-state index contributed by atoms with van der Waals surface area (Å²) < 4.78 is 28.9. The number of benzene rings is 1. The molecule has 0 spiro atoms. The van der Waals surface area contributed by atoms with Gasteiger partial charge in [-0.2, -0.15) is 13.1 Å². The van der Waals surface area contributed by atoms with Crippen LogP contribution in [0.15, 0.2) is 18.2 Å². The first-order valence-electron chi connectivity index (χ1n) is 9.53. The predicted octanol–water partition coefficient (Wildman–Crippen LogP) is 2.77. The van der Waals surface area contributed by atoms with E-state index in [9.17, 15) is 13.2 Å². The number of carbonyl (C=O) groups is 1. The minimum absolute atomic E-state index is 0.0343. The van der Waals surface area contributed by atoms with Crippen molar-refractivity contribution in [1.82, 2.24) is 14.8 Å². The molecule has 3 N–H and O–H groups in total.